The molecule has 4 aromatic rings. The highest BCUT2D eigenvalue weighted by Gasteiger charge is 2.47. The van der Waals surface area contributed by atoms with Crippen molar-refractivity contribution in [3.8, 4) is 0 Å². The number of pyridine rings is 1. The number of fused-ring (bicyclic) bond motifs is 1. The zero-order chi connectivity index (χ0) is 23.1. The molecule has 0 radical (unpaired) electrons. The zero-order valence-electron chi connectivity index (χ0n) is 18.4. The summed E-state index contributed by atoms with van der Waals surface area (Å²) < 4.78 is 0. The first-order chi connectivity index (χ1) is 16.0. The van der Waals surface area contributed by atoms with Crippen LogP contribution >= 0.6 is 0 Å². The number of aromatic nitrogens is 2. The number of ketones is 1. The molecule has 1 aliphatic rings. The predicted octanol–water partition coefficient (Wildman–Crippen LogP) is 4.80. The number of likely N-dealkylation sites (tertiary alicyclic amines) is 1. The van der Waals surface area contributed by atoms with Crippen LogP contribution in [-0.2, 0) is 16.1 Å². The largest absolute Gasteiger partial charge is 0.507 e. The summed E-state index contributed by atoms with van der Waals surface area (Å²) in [6.07, 6.45) is 5.13. The number of carbonyl (C=O) groups excluding carboxylic acids is 2. The molecule has 33 heavy (non-hydrogen) atoms. The van der Waals surface area contributed by atoms with Crippen molar-refractivity contribution in [1.29, 1.82) is 0 Å². The molecule has 1 aliphatic heterocycles. The van der Waals surface area contributed by atoms with E-state index in [-0.39, 0.29) is 17.9 Å². The van der Waals surface area contributed by atoms with Crippen molar-refractivity contribution in [2.24, 2.45) is 0 Å². The smallest absolute Gasteiger partial charge is 0.295 e. The van der Waals surface area contributed by atoms with E-state index in [1.807, 2.05) is 74.6 Å². The molecule has 5 rings (SSSR count). The van der Waals surface area contributed by atoms with Gasteiger partial charge in [0.1, 0.15) is 5.76 Å². The lowest BCUT2D eigenvalue weighted by molar-refractivity contribution is -0.140. The van der Waals surface area contributed by atoms with Crippen LogP contribution in [-0.4, -0.2) is 31.7 Å². The summed E-state index contributed by atoms with van der Waals surface area (Å²) in [5.41, 5.74) is 4.96. The number of aryl methyl sites for hydroxylation is 2. The summed E-state index contributed by atoms with van der Waals surface area (Å²) in [5, 5.41) is 12.3. The van der Waals surface area contributed by atoms with Crippen LogP contribution in [0.2, 0.25) is 0 Å². The number of hydrogen-bond acceptors (Lipinski definition) is 4. The average molecular weight is 437 g/mol. The van der Waals surface area contributed by atoms with Crippen LogP contribution in [0.25, 0.3) is 16.7 Å². The molecule has 164 valence electrons. The van der Waals surface area contributed by atoms with Crippen molar-refractivity contribution < 1.29 is 14.7 Å². The van der Waals surface area contributed by atoms with Gasteiger partial charge in [-0.05, 0) is 49.2 Å². The van der Waals surface area contributed by atoms with E-state index in [0.717, 1.165) is 33.2 Å². The molecule has 0 bridgehead atoms. The molecule has 0 saturated carbocycles. The Hall–Kier alpha value is -4.19. The normalized spacial score (nSPS) is 17.8. The zero-order valence-corrected chi connectivity index (χ0v) is 18.4. The summed E-state index contributed by atoms with van der Waals surface area (Å²) in [5.74, 6) is -1.46. The van der Waals surface area contributed by atoms with E-state index in [1.165, 1.54) is 4.90 Å². The number of H-pyrrole nitrogens is 1. The van der Waals surface area contributed by atoms with Gasteiger partial charge in [0.05, 0.1) is 11.6 Å². The molecule has 1 unspecified atom stereocenters. The fourth-order valence-corrected chi connectivity index (χ4v) is 4.51. The molecule has 6 heteroatoms. The summed E-state index contributed by atoms with van der Waals surface area (Å²) in [6.45, 7) is 4.03. The number of Topliss-reactive ketones (excluding diaryl/α,β-unsaturated/α-hetero) is 1. The Balaban J connectivity index is 1.74. The minimum absolute atomic E-state index is 0.104. The summed E-state index contributed by atoms with van der Waals surface area (Å²) in [7, 11) is 0. The highest BCUT2D eigenvalue weighted by atomic mass is 16.3. The second kappa shape index (κ2) is 8.06. The molecule has 1 saturated heterocycles. The van der Waals surface area contributed by atoms with Crippen molar-refractivity contribution in [3.63, 3.8) is 0 Å². The molecular weight excluding hydrogens is 414 g/mol. The maximum atomic E-state index is 13.3. The van der Waals surface area contributed by atoms with E-state index >= 15 is 0 Å². The third-order valence-electron chi connectivity index (χ3n) is 6.21. The van der Waals surface area contributed by atoms with Crippen LogP contribution in [0.5, 0.6) is 0 Å². The monoisotopic (exact) mass is 437 g/mol. The first-order valence-corrected chi connectivity index (χ1v) is 10.8. The molecule has 1 atom stereocenters. The van der Waals surface area contributed by atoms with Gasteiger partial charge < -0.3 is 15.0 Å². The fraction of sp³-hybridized carbons (Fsp3) is 0.148. The number of aliphatic hydroxyl groups excluding tert-OH is 1. The van der Waals surface area contributed by atoms with E-state index in [4.69, 9.17) is 0 Å². The Bertz CT molecular complexity index is 1420. The minimum atomic E-state index is -0.728. The summed E-state index contributed by atoms with van der Waals surface area (Å²) >= 11 is 0. The van der Waals surface area contributed by atoms with Crippen LogP contribution in [0, 0.1) is 13.8 Å². The number of carbonyl (C=O) groups is 2. The molecule has 6 nitrogen and oxygen atoms in total. The van der Waals surface area contributed by atoms with Gasteiger partial charge in [-0.1, -0.05) is 35.9 Å². The van der Waals surface area contributed by atoms with E-state index in [9.17, 15) is 14.7 Å². The molecule has 3 heterocycles. The number of hydrogen-bond donors (Lipinski definition) is 2. The second-order valence-electron chi connectivity index (χ2n) is 8.39. The van der Waals surface area contributed by atoms with Crippen molar-refractivity contribution >= 4 is 28.4 Å². The number of nitrogens with zero attached hydrogens (tertiary/aromatic N) is 2. The van der Waals surface area contributed by atoms with Gasteiger partial charge in [-0.2, -0.15) is 0 Å². The Kier molecular flexibility index (Phi) is 5.05. The first kappa shape index (κ1) is 20.7. The van der Waals surface area contributed by atoms with Gasteiger partial charge in [0.2, 0.25) is 0 Å². The molecule has 0 aliphatic carbocycles. The minimum Gasteiger partial charge on any atom is -0.507 e. The predicted molar refractivity (Wildman–Crippen MR) is 126 cm³/mol. The van der Waals surface area contributed by atoms with Crippen molar-refractivity contribution in [3.05, 3.63) is 107 Å². The molecule has 1 amide bonds. The van der Waals surface area contributed by atoms with Crippen LogP contribution in [0.1, 0.15) is 33.9 Å². The third kappa shape index (κ3) is 3.49. The number of aromatic amines is 1. The van der Waals surface area contributed by atoms with Crippen LogP contribution < -0.4 is 0 Å². The Morgan fingerprint density at radius 1 is 1.06 bits per heavy atom. The van der Waals surface area contributed by atoms with Gasteiger partial charge in [-0.3, -0.25) is 14.6 Å². The highest BCUT2D eigenvalue weighted by molar-refractivity contribution is 6.46. The van der Waals surface area contributed by atoms with Gasteiger partial charge in [-0.15, -0.1) is 0 Å². The van der Waals surface area contributed by atoms with Gasteiger partial charge in [0.25, 0.3) is 11.7 Å². The maximum absolute atomic E-state index is 13.3. The molecule has 1 fully saturated rings. The number of aliphatic hydroxyl groups is 1. The average Bonchev–Trinajstić information content (AvgIpc) is 3.35. The van der Waals surface area contributed by atoms with E-state index < -0.39 is 17.7 Å². The van der Waals surface area contributed by atoms with Gasteiger partial charge in [0, 0.05) is 47.2 Å². The van der Waals surface area contributed by atoms with Crippen molar-refractivity contribution in [1.82, 2.24) is 14.9 Å². The standard InChI is InChI=1S/C27H23N3O3/c1-16-7-8-17(2)20(13-16)25(31)23-24(21-14-29-22-6-4-3-5-19(21)22)30(27(33)26(23)32)15-18-9-11-28-12-10-18/h3-14,24,29,31H,15H2,1-2H3/b25-23+. The van der Waals surface area contributed by atoms with E-state index in [2.05, 4.69) is 9.97 Å². The number of amides is 1. The molecule has 2 aromatic heterocycles. The van der Waals surface area contributed by atoms with E-state index in [1.54, 1.807) is 12.4 Å². The Morgan fingerprint density at radius 3 is 2.61 bits per heavy atom. The second-order valence-corrected chi connectivity index (χ2v) is 8.39. The number of rotatable bonds is 4. The summed E-state index contributed by atoms with van der Waals surface area (Å²) in [6, 6.07) is 16.3. The fourth-order valence-electron chi connectivity index (χ4n) is 4.51. The SMILES string of the molecule is Cc1ccc(C)c(/C(O)=C2\C(=O)C(=O)N(Cc3ccncc3)C2c2c[nH]c3ccccc23)c1. The molecule has 0 spiro atoms. The molecular formula is C27H23N3O3. The first-order valence-electron chi connectivity index (χ1n) is 10.8. The van der Waals surface area contributed by atoms with Gasteiger partial charge in [-0.25, -0.2) is 0 Å². The van der Waals surface area contributed by atoms with Crippen molar-refractivity contribution in [2.75, 3.05) is 0 Å². The molecule has 2 N–H and O–H groups in total. The van der Waals surface area contributed by atoms with Gasteiger partial charge >= 0.3 is 0 Å². The number of benzene rings is 2. The summed E-state index contributed by atoms with van der Waals surface area (Å²) in [4.78, 5) is 35.4. The van der Waals surface area contributed by atoms with Crippen molar-refractivity contribution in [2.45, 2.75) is 26.4 Å². The topological polar surface area (TPSA) is 86.3 Å². The lowest BCUT2D eigenvalue weighted by Gasteiger charge is -2.25. The lowest BCUT2D eigenvalue weighted by Crippen LogP contribution is -2.29. The van der Waals surface area contributed by atoms with Crippen LogP contribution in [0.15, 0.2) is 78.8 Å². The van der Waals surface area contributed by atoms with Crippen LogP contribution in [0.4, 0.5) is 0 Å². The lowest BCUT2D eigenvalue weighted by atomic mass is 9.93. The van der Waals surface area contributed by atoms with Gasteiger partial charge in [0.15, 0.2) is 0 Å². The third-order valence-corrected chi connectivity index (χ3v) is 6.21. The quantitative estimate of drug-likeness (QED) is 0.273. The van der Waals surface area contributed by atoms with Crippen LogP contribution in [0.3, 0.4) is 0 Å². The highest BCUT2D eigenvalue weighted by Crippen LogP contribution is 2.43. The van der Waals surface area contributed by atoms with E-state index in [0.29, 0.717) is 5.56 Å². The Labute approximate surface area is 191 Å². The number of nitrogens with one attached hydrogen (secondary N) is 1. The maximum Gasteiger partial charge on any atom is 0.295 e. The Morgan fingerprint density at radius 2 is 1.82 bits per heavy atom. The number of para-hydroxylation sites is 1. The molecule has 2 aromatic carbocycles.